The summed E-state index contributed by atoms with van der Waals surface area (Å²) in [5.74, 6) is 0.567. The van der Waals surface area contributed by atoms with Gasteiger partial charge >= 0.3 is 5.69 Å². The highest BCUT2D eigenvalue weighted by molar-refractivity contribution is 7.85. The molecule has 0 unspecified atom stereocenters. The highest BCUT2D eigenvalue weighted by Crippen LogP contribution is 2.20. The lowest BCUT2D eigenvalue weighted by atomic mass is 10.1. The van der Waals surface area contributed by atoms with Gasteiger partial charge in [0, 0.05) is 23.2 Å². The molecule has 0 saturated heterocycles. The molecule has 102 valence electrons. The fourth-order valence-electron chi connectivity index (χ4n) is 1.72. The summed E-state index contributed by atoms with van der Waals surface area (Å²) in [6.07, 6.45) is 2.11. The Labute approximate surface area is 120 Å². The lowest BCUT2D eigenvalue weighted by molar-refractivity contribution is 0.535. The van der Waals surface area contributed by atoms with Gasteiger partial charge < -0.3 is 0 Å². The van der Waals surface area contributed by atoms with Crippen molar-refractivity contribution in [2.24, 2.45) is 0 Å². The second kappa shape index (κ2) is 5.42. The minimum atomic E-state index is -0.445. The topological polar surface area (TPSA) is 67.8 Å². The molecule has 2 rings (SSSR count). The Bertz CT molecular complexity index is 706. The summed E-state index contributed by atoms with van der Waals surface area (Å²) >= 11 is 8.64. The predicted molar refractivity (Wildman–Crippen MR) is 82.5 cm³/mol. The molecule has 1 atom stereocenters. The standard InChI is InChI=1S/C12H15N3O2S2/c1-12(19,7-18)4-6-15-10(16)8-3-2-5-13-9(8)14-11(15)17/h2-3,5,18-19H,4,6-7H2,1H3,(H,13,14,17)/t12-/m1/s1. The number of hydrogen-bond acceptors (Lipinski definition) is 5. The summed E-state index contributed by atoms with van der Waals surface area (Å²) in [5.41, 5.74) is -0.453. The lowest BCUT2D eigenvalue weighted by Gasteiger charge is -2.20. The minimum absolute atomic E-state index is 0.305. The van der Waals surface area contributed by atoms with Crippen molar-refractivity contribution in [2.45, 2.75) is 24.6 Å². The maximum atomic E-state index is 12.2. The van der Waals surface area contributed by atoms with E-state index in [0.717, 1.165) is 0 Å². The van der Waals surface area contributed by atoms with Gasteiger partial charge in [-0.1, -0.05) is 0 Å². The van der Waals surface area contributed by atoms with Gasteiger partial charge in [-0.3, -0.25) is 14.3 Å². The quantitative estimate of drug-likeness (QED) is 0.740. The van der Waals surface area contributed by atoms with Crippen LogP contribution in [0.25, 0.3) is 11.0 Å². The zero-order chi connectivity index (χ0) is 14.0. The van der Waals surface area contributed by atoms with Gasteiger partial charge in [0.05, 0.1) is 5.39 Å². The first kappa shape index (κ1) is 14.2. The van der Waals surface area contributed by atoms with Crippen molar-refractivity contribution >= 4 is 36.3 Å². The molecule has 19 heavy (non-hydrogen) atoms. The minimum Gasteiger partial charge on any atom is -0.291 e. The fraction of sp³-hybridized carbons (Fsp3) is 0.417. The monoisotopic (exact) mass is 297 g/mol. The van der Waals surface area contributed by atoms with Crippen LogP contribution >= 0.6 is 25.3 Å². The first-order valence-electron chi connectivity index (χ1n) is 5.86. The van der Waals surface area contributed by atoms with Gasteiger partial charge in [0.25, 0.3) is 5.56 Å². The van der Waals surface area contributed by atoms with Crippen LogP contribution in [0, 0.1) is 0 Å². The van der Waals surface area contributed by atoms with Crippen LogP contribution in [0.4, 0.5) is 0 Å². The number of rotatable bonds is 4. The van der Waals surface area contributed by atoms with Crippen LogP contribution in [0.5, 0.6) is 0 Å². The normalized spacial score (nSPS) is 14.5. The van der Waals surface area contributed by atoms with E-state index in [4.69, 9.17) is 0 Å². The van der Waals surface area contributed by atoms with Crippen molar-refractivity contribution in [2.75, 3.05) is 5.75 Å². The van der Waals surface area contributed by atoms with Crippen molar-refractivity contribution in [3.63, 3.8) is 0 Å². The number of aromatic nitrogens is 3. The number of hydrogen-bond donors (Lipinski definition) is 3. The fourth-order valence-corrected chi connectivity index (χ4v) is 1.98. The van der Waals surface area contributed by atoms with Crippen LogP contribution in [-0.4, -0.2) is 25.0 Å². The van der Waals surface area contributed by atoms with Gasteiger partial charge in [0.1, 0.15) is 5.65 Å². The third kappa shape index (κ3) is 3.03. The van der Waals surface area contributed by atoms with E-state index in [9.17, 15) is 9.59 Å². The van der Waals surface area contributed by atoms with Crippen molar-refractivity contribution in [3.05, 3.63) is 39.2 Å². The summed E-state index contributed by atoms with van der Waals surface area (Å²) in [7, 11) is 0. The Hall–Kier alpha value is -1.21. The summed E-state index contributed by atoms with van der Waals surface area (Å²) in [6.45, 7) is 2.23. The zero-order valence-corrected chi connectivity index (χ0v) is 12.2. The third-order valence-corrected chi connectivity index (χ3v) is 4.30. The van der Waals surface area contributed by atoms with Gasteiger partial charge in [-0.15, -0.1) is 0 Å². The maximum Gasteiger partial charge on any atom is 0.329 e. The largest absolute Gasteiger partial charge is 0.329 e. The van der Waals surface area contributed by atoms with Crippen molar-refractivity contribution in [1.29, 1.82) is 0 Å². The summed E-state index contributed by atoms with van der Waals surface area (Å²) in [5, 5.41) is 0.411. The van der Waals surface area contributed by atoms with Crippen LogP contribution in [0.3, 0.4) is 0 Å². The van der Waals surface area contributed by atoms with E-state index >= 15 is 0 Å². The molecule has 0 fully saturated rings. The predicted octanol–water partition coefficient (Wildman–Crippen LogP) is 1.09. The molecule has 5 nitrogen and oxygen atoms in total. The van der Waals surface area contributed by atoms with E-state index in [2.05, 4.69) is 35.2 Å². The Morgan fingerprint density at radius 1 is 1.47 bits per heavy atom. The lowest BCUT2D eigenvalue weighted by Crippen LogP contribution is -2.37. The highest BCUT2D eigenvalue weighted by Gasteiger charge is 2.18. The first-order chi connectivity index (χ1) is 8.94. The number of fused-ring (bicyclic) bond motifs is 1. The van der Waals surface area contributed by atoms with Gasteiger partial charge in [0.15, 0.2) is 0 Å². The number of aromatic amines is 1. The van der Waals surface area contributed by atoms with E-state index in [0.29, 0.717) is 29.8 Å². The Morgan fingerprint density at radius 2 is 2.21 bits per heavy atom. The molecule has 0 aromatic carbocycles. The van der Waals surface area contributed by atoms with Gasteiger partial charge in [-0.05, 0) is 25.5 Å². The second-order valence-corrected chi connectivity index (χ2v) is 6.09. The first-order valence-corrected chi connectivity index (χ1v) is 6.94. The zero-order valence-electron chi connectivity index (χ0n) is 10.5. The van der Waals surface area contributed by atoms with Crippen molar-refractivity contribution in [1.82, 2.24) is 14.5 Å². The average Bonchev–Trinajstić information content (AvgIpc) is 2.38. The van der Waals surface area contributed by atoms with Crippen molar-refractivity contribution < 1.29 is 0 Å². The van der Waals surface area contributed by atoms with E-state index in [1.54, 1.807) is 12.1 Å². The molecule has 2 aromatic heterocycles. The Balaban J connectivity index is 2.44. The number of thiol groups is 2. The van der Waals surface area contributed by atoms with E-state index in [1.807, 2.05) is 6.92 Å². The molecule has 1 N–H and O–H groups in total. The Kier molecular flexibility index (Phi) is 4.05. The molecule has 0 radical (unpaired) electrons. The van der Waals surface area contributed by atoms with E-state index in [1.165, 1.54) is 10.8 Å². The summed E-state index contributed by atoms with van der Waals surface area (Å²) < 4.78 is 0.862. The molecule has 2 aromatic rings. The molecular formula is C12H15N3O2S2. The number of nitrogens with one attached hydrogen (secondary N) is 1. The van der Waals surface area contributed by atoms with Gasteiger partial charge in [-0.25, -0.2) is 9.78 Å². The maximum absolute atomic E-state index is 12.2. The molecule has 0 aliphatic heterocycles. The third-order valence-electron chi connectivity index (χ3n) is 2.97. The van der Waals surface area contributed by atoms with Gasteiger partial charge in [0.2, 0.25) is 0 Å². The van der Waals surface area contributed by atoms with Crippen LogP contribution < -0.4 is 11.2 Å². The van der Waals surface area contributed by atoms with Crippen LogP contribution in [-0.2, 0) is 6.54 Å². The number of pyridine rings is 1. The SMILES string of the molecule is C[C@](S)(CS)CCn1c(=O)[nH]c2ncccc2c1=O. The summed E-state index contributed by atoms with van der Waals surface area (Å²) in [6, 6.07) is 3.32. The Morgan fingerprint density at radius 3 is 2.89 bits per heavy atom. The second-order valence-electron chi connectivity index (χ2n) is 4.69. The molecule has 0 spiro atoms. The van der Waals surface area contributed by atoms with Crippen LogP contribution in [0.2, 0.25) is 0 Å². The molecule has 0 aliphatic rings. The average molecular weight is 297 g/mol. The smallest absolute Gasteiger partial charge is 0.291 e. The van der Waals surface area contributed by atoms with Crippen LogP contribution in [0.15, 0.2) is 27.9 Å². The highest BCUT2D eigenvalue weighted by atomic mass is 32.1. The summed E-state index contributed by atoms with van der Waals surface area (Å²) in [4.78, 5) is 30.7. The van der Waals surface area contributed by atoms with Gasteiger partial charge in [-0.2, -0.15) is 25.3 Å². The van der Waals surface area contributed by atoms with Crippen LogP contribution in [0.1, 0.15) is 13.3 Å². The molecule has 2 heterocycles. The molecule has 0 bridgehead atoms. The molecular weight excluding hydrogens is 282 g/mol. The number of H-pyrrole nitrogens is 1. The molecule has 0 saturated carbocycles. The van der Waals surface area contributed by atoms with E-state index < -0.39 is 5.69 Å². The number of nitrogens with zero attached hydrogens (tertiary/aromatic N) is 2. The van der Waals surface area contributed by atoms with Crippen molar-refractivity contribution in [3.8, 4) is 0 Å². The van der Waals surface area contributed by atoms with E-state index in [-0.39, 0.29) is 10.3 Å². The molecule has 0 aliphatic carbocycles. The molecule has 7 heteroatoms. The molecule has 0 amide bonds.